The van der Waals surface area contributed by atoms with Crippen LogP contribution in [0.4, 0.5) is 0 Å². The Morgan fingerprint density at radius 3 is 2.30 bits per heavy atom. The molecule has 1 heterocycles. The van der Waals surface area contributed by atoms with Crippen LogP contribution in [0.1, 0.15) is 13.8 Å². The van der Waals surface area contributed by atoms with Gasteiger partial charge in [-0.15, -0.1) is 0 Å². The van der Waals surface area contributed by atoms with E-state index in [0.29, 0.717) is 6.54 Å². The second-order valence-electron chi connectivity index (χ2n) is 2.69. The molecule has 0 aliphatic carbocycles. The molecule has 4 heteroatoms. The van der Waals surface area contributed by atoms with E-state index in [1.807, 2.05) is 6.92 Å². The van der Waals surface area contributed by atoms with E-state index in [1.54, 1.807) is 6.92 Å². The lowest BCUT2D eigenvalue weighted by atomic mass is 10.1. The van der Waals surface area contributed by atoms with Gasteiger partial charge in [-0.2, -0.15) is 0 Å². The van der Waals surface area contributed by atoms with Crippen LogP contribution in [-0.4, -0.2) is 32.0 Å². The minimum Gasteiger partial charge on any atom is -0.312 e. The molecule has 0 aromatic carbocycles. The average Bonchev–Trinajstić information content (AvgIpc) is 1.84. The first kappa shape index (κ1) is 8.01. The number of nitrogens with one attached hydrogen (secondary N) is 1. The maximum absolute atomic E-state index is 11.2. The highest BCUT2D eigenvalue weighted by Crippen LogP contribution is 2.13. The Morgan fingerprint density at radius 1 is 1.60 bits per heavy atom. The summed E-state index contributed by atoms with van der Waals surface area (Å²) in [7, 11) is -2.77. The van der Waals surface area contributed by atoms with Crippen LogP contribution < -0.4 is 5.32 Å². The largest absolute Gasteiger partial charge is 0.312 e. The number of rotatable bonds is 2. The molecule has 10 heavy (non-hydrogen) atoms. The Labute approximate surface area is 61.7 Å². The standard InChI is InChI=1S/C6H13NO2S/c1-3-10(8,9)6-4-7-5(6)2/h5-7H,3-4H2,1-2H3/t5-,6+/m1/s1. The van der Waals surface area contributed by atoms with Crippen LogP contribution >= 0.6 is 0 Å². The van der Waals surface area contributed by atoms with Crippen molar-refractivity contribution in [3.63, 3.8) is 0 Å². The van der Waals surface area contributed by atoms with Crippen LogP contribution in [0, 0.1) is 0 Å². The summed E-state index contributed by atoms with van der Waals surface area (Å²) in [5.74, 6) is 0.268. The van der Waals surface area contributed by atoms with Gasteiger partial charge in [0.15, 0.2) is 9.84 Å². The second-order valence-corrected chi connectivity index (χ2v) is 5.20. The monoisotopic (exact) mass is 163 g/mol. The summed E-state index contributed by atoms with van der Waals surface area (Å²) in [6.45, 7) is 4.24. The molecule has 1 saturated heterocycles. The Morgan fingerprint density at radius 2 is 2.20 bits per heavy atom. The lowest BCUT2D eigenvalue weighted by molar-refractivity contribution is 0.393. The molecule has 0 aromatic rings. The van der Waals surface area contributed by atoms with E-state index < -0.39 is 9.84 Å². The molecule has 0 spiro atoms. The maximum atomic E-state index is 11.2. The third kappa shape index (κ3) is 1.18. The van der Waals surface area contributed by atoms with Gasteiger partial charge < -0.3 is 5.32 Å². The third-order valence-electron chi connectivity index (χ3n) is 2.06. The summed E-state index contributed by atoms with van der Waals surface area (Å²) >= 11 is 0. The molecule has 3 nitrogen and oxygen atoms in total. The highest BCUT2D eigenvalue weighted by atomic mass is 32.2. The van der Waals surface area contributed by atoms with Gasteiger partial charge in [0.25, 0.3) is 0 Å². The molecule has 0 bridgehead atoms. The predicted molar refractivity (Wildman–Crippen MR) is 40.7 cm³/mol. The van der Waals surface area contributed by atoms with E-state index in [-0.39, 0.29) is 17.0 Å². The minimum absolute atomic E-state index is 0.127. The van der Waals surface area contributed by atoms with Gasteiger partial charge in [0.2, 0.25) is 0 Å². The average molecular weight is 163 g/mol. The fourth-order valence-corrected chi connectivity index (χ4v) is 2.60. The molecule has 1 fully saturated rings. The smallest absolute Gasteiger partial charge is 0.155 e. The van der Waals surface area contributed by atoms with Crippen molar-refractivity contribution in [3.8, 4) is 0 Å². The summed E-state index contributed by atoms with van der Waals surface area (Å²) in [5.41, 5.74) is 0. The molecule has 1 N–H and O–H groups in total. The molecule has 2 atom stereocenters. The van der Waals surface area contributed by atoms with Gasteiger partial charge in [0, 0.05) is 18.3 Å². The second kappa shape index (κ2) is 2.51. The molecule has 1 aliphatic rings. The van der Waals surface area contributed by atoms with Crippen LogP contribution in [-0.2, 0) is 9.84 Å². The quantitative estimate of drug-likeness (QED) is 0.612. The molecule has 60 valence electrons. The fourth-order valence-electron chi connectivity index (χ4n) is 1.10. The first-order valence-electron chi connectivity index (χ1n) is 3.53. The summed E-state index contributed by atoms with van der Waals surface area (Å²) in [4.78, 5) is 0. The highest BCUT2D eigenvalue weighted by Gasteiger charge is 2.36. The molecule has 0 radical (unpaired) electrons. The van der Waals surface area contributed by atoms with Gasteiger partial charge >= 0.3 is 0 Å². The fraction of sp³-hybridized carbons (Fsp3) is 1.00. The van der Waals surface area contributed by atoms with Crippen molar-refractivity contribution < 1.29 is 8.42 Å². The zero-order valence-electron chi connectivity index (χ0n) is 6.29. The first-order valence-corrected chi connectivity index (χ1v) is 5.24. The predicted octanol–water partition coefficient (Wildman–Crippen LogP) is -0.219. The number of hydrogen-bond donors (Lipinski definition) is 1. The zero-order valence-corrected chi connectivity index (χ0v) is 7.11. The van der Waals surface area contributed by atoms with E-state index in [0.717, 1.165) is 0 Å². The molecule has 1 aliphatic heterocycles. The minimum atomic E-state index is -2.77. The highest BCUT2D eigenvalue weighted by molar-refractivity contribution is 7.92. The normalized spacial score (nSPS) is 33.4. The Balaban J connectivity index is 2.66. The summed E-state index contributed by atoms with van der Waals surface area (Å²) in [6.07, 6.45) is 0. The SMILES string of the molecule is CCS(=O)(=O)[C@H]1CN[C@@H]1C. The van der Waals surface area contributed by atoms with Crippen LogP contribution in [0.5, 0.6) is 0 Å². The van der Waals surface area contributed by atoms with Crippen molar-refractivity contribution in [2.75, 3.05) is 12.3 Å². The van der Waals surface area contributed by atoms with Crippen molar-refractivity contribution in [2.24, 2.45) is 0 Å². The zero-order chi connectivity index (χ0) is 7.78. The van der Waals surface area contributed by atoms with Gasteiger partial charge in [0.05, 0.1) is 5.25 Å². The lowest BCUT2D eigenvalue weighted by Crippen LogP contribution is -2.59. The molecule has 0 aromatic heterocycles. The van der Waals surface area contributed by atoms with Gasteiger partial charge in [-0.3, -0.25) is 0 Å². The van der Waals surface area contributed by atoms with Crippen LogP contribution in [0.3, 0.4) is 0 Å². The van der Waals surface area contributed by atoms with E-state index in [9.17, 15) is 8.42 Å². The summed E-state index contributed by atoms with van der Waals surface area (Å²) in [6, 6.07) is 0.157. The van der Waals surface area contributed by atoms with Crippen LogP contribution in [0.15, 0.2) is 0 Å². The van der Waals surface area contributed by atoms with Crippen LogP contribution in [0.2, 0.25) is 0 Å². The van der Waals surface area contributed by atoms with Crippen molar-refractivity contribution >= 4 is 9.84 Å². The van der Waals surface area contributed by atoms with E-state index >= 15 is 0 Å². The topological polar surface area (TPSA) is 46.2 Å². The lowest BCUT2D eigenvalue weighted by Gasteiger charge is -2.34. The van der Waals surface area contributed by atoms with E-state index in [2.05, 4.69) is 5.32 Å². The van der Waals surface area contributed by atoms with Gasteiger partial charge in [-0.05, 0) is 6.92 Å². The Bertz CT molecular complexity index is 210. The Hall–Kier alpha value is -0.0900. The molecule has 0 unspecified atom stereocenters. The maximum Gasteiger partial charge on any atom is 0.155 e. The van der Waals surface area contributed by atoms with E-state index in [4.69, 9.17) is 0 Å². The molecule has 0 saturated carbocycles. The van der Waals surface area contributed by atoms with Crippen LogP contribution in [0.25, 0.3) is 0 Å². The Kier molecular flexibility index (Phi) is 2.01. The molecule has 1 rings (SSSR count). The van der Waals surface area contributed by atoms with E-state index in [1.165, 1.54) is 0 Å². The summed E-state index contributed by atoms with van der Waals surface area (Å²) < 4.78 is 22.3. The van der Waals surface area contributed by atoms with Crippen molar-refractivity contribution in [1.82, 2.24) is 5.32 Å². The van der Waals surface area contributed by atoms with Crippen molar-refractivity contribution in [3.05, 3.63) is 0 Å². The van der Waals surface area contributed by atoms with Gasteiger partial charge in [0.1, 0.15) is 0 Å². The van der Waals surface area contributed by atoms with Crippen molar-refractivity contribution in [1.29, 1.82) is 0 Å². The van der Waals surface area contributed by atoms with Crippen molar-refractivity contribution in [2.45, 2.75) is 25.1 Å². The summed E-state index contributed by atoms with van der Waals surface area (Å²) in [5, 5.41) is 2.89. The van der Waals surface area contributed by atoms with Gasteiger partial charge in [-0.1, -0.05) is 6.92 Å². The third-order valence-corrected chi connectivity index (χ3v) is 4.36. The van der Waals surface area contributed by atoms with Gasteiger partial charge in [-0.25, -0.2) is 8.42 Å². The number of hydrogen-bond acceptors (Lipinski definition) is 3. The first-order chi connectivity index (χ1) is 4.58. The molecular formula is C6H13NO2S. The molecular weight excluding hydrogens is 150 g/mol. The molecule has 0 amide bonds. The number of sulfone groups is 1.